The highest BCUT2D eigenvalue weighted by atomic mass is 16.5. The van der Waals surface area contributed by atoms with Gasteiger partial charge in [-0.25, -0.2) is 0 Å². The third-order valence-corrected chi connectivity index (χ3v) is 5.66. The maximum atomic E-state index is 5.61. The fourth-order valence-electron chi connectivity index (χ4n) is 4.01. The minimum Gasteiger partial charge on any atom is -0.359 e. The van der Waals surface area contributed by atoms with E-state index in [9.17, 15) is 0 Å². The summed E-state index contributed by atoms with van der Waals surface area (Å²) in [6.07, 6.45) is 5.89. The van der Waals surface area contributed by atoms with E-state index in [1.165, 1.54) is 32.4 Å². The fraction of sp³-hybridized carbons (Fsp3) is 0.619. The number of rotatable bonds is 6. The van der Waals surface area contributed by atoms with Crippen LogP contribution in [0.25, 0.3) is 11.4 Å². The summed E-state index contributed by atoms with van der Waals surface area (Å²) in [7, 11) is 0. The first-order chi connectivity index (χ1) is 12.7. The van der Waals surface area contributed by atoms with Crippen LogP contribution in [0.3, 0.4) is 0 Å². The molecule has 0 bridgehead atoms. The van der Waals surface area contributed by atoms with Crippen LogP contribution in [0.5, 0.6) is 0 Å². The summed E-state index contributed by atoms with van der Waals surface area (Å²) < 4.78 is 5.61. The molecule has 5 heteroatoms. The molecule has 2 aromatic rings. The van der Waals surface area contributed by atoms with Crippen LogP contribution in [0.2, 0.25) is 0 Å². The van der Waals surface area contributed by atoms with Crippen molar-refractivity contribution in [3.8, 4) is 11.4 Å². The lowest BCUT2D eigenvalue weighted by molar-refractivity contribution is 0.128. The molecule has 2 fully saturated rings. The lowest BCUT2D eigenvalue weighted by atomic mass is 10.0. The minimum absolute atomic E-state index is 0.635. The van der Waals surface area contributed by atoms with Gasteiger partial charge in [0, 0.05) is 31.4 Å². The summed E-state index contributed by atoms with van der Waals surface area (Å²) >= 11 is 0. The Kier molecular flexibility index (Phi) is 5.36. The lowest BCUT2D eigenvalue weighted by Crippen LogP contribution is -2.45. The lowest BCUT2D eigenvalue weighted by Gasteiger charge is -2.34. The average Bonchev–Trinajstić information content (AvgIpc) is 3.38. The van der Waals surface area contributed by atoms with Crippen molar-refractivity contribution in [1.29, 1.82) is 0 Å². The van der Waals surface area contributed by atoms with E-state index in [4.69, 9.17) is 4.52 Å². The third-order valence-electron chi connectivity index (χ3n) is 5.66. The van der Waals surface area contributed by atoms with Gasteiger partial charge in [-0.1, -0.05) is 25.1 Å². The van der Waals surface area contributed by atoms with Crippen LogP contribution >= 0.6 is 0 Å². The van der Waals surface area contributed by atoms with Gasteiger partial charge >= 0.3 is 0 Å². The summed E-state index contributed by atoms with van der Waals surface area (Å²) in [6.45, 7) is 10.3. The first kappa shape index (κ1) is 17.7. The van der Waals surface area contributed by atoms with Crippen molar-refractivity contribution in [3.63, 3.8) is 0 Å². The summed E-state index contributed by atoms with van der Waals surface area (Å²) in [5, 5.41) is 4.22. The Hall–Kier alpha value is -1.72. The second-order valence-corrected chi connectivity index (χ2v) is 8.23. The number of pyridine rings is 1. The van der Waals surface area contributed by atoms with Gasteiger partial charge in [0.2, 0.25) is 0 Å². The number of nitrogens with zero attached hydrogens (tertiary/aromatic N) is 4. The van der Waals surface area contributed by atoms with Crippen LogP contribution in [0.15, 0.2) is 35.0 Å². The molecule has 1 unspecified atom stereocenters. The zero-order valence-corrected chi connectivity index (χ0v) is 16.0. The zero-order valence-electron chi connectivity index (χ0n) is 16.0. The molecule has 0 aromatic carbocycles. The molecule has 1 saturated heterocycles. The Morgan fingerprint density at radius 3 is 2.81 bits per heavy atom. The molecule has 2 aromatic heterocycles. The van der Waals surface area contributed by atoms with E-state index in [2.05, 4.69) is 33.8 Å². The summed E-state index contributed by atoms with van der Waals surface area (Å²) in [5.74, 6) is 2.56. The predicted molar refractivity (Wildman–Crippen MR) is 103 cm³/mol. The van der Waals surface area contributed by atoms with Gasteiger partial charge in [-0.3, -0.25) is 14.8 Å². The number of hydrogen-bond donors (Lipinski definition) is 0. The van der Waals surface area contributed by atoms with E-state index < -0.39 is 0 Å². The Labute approximate surface area is 156 Å². The molecular weight excluding hydrogens is 324 g/mol. The second-order valence-electron chi connectivity index (χ2n) is 8.23. The topological polar surface area (TPSA) is 45.4 Å². The van der Waals surface area contributed by atoms with Crippen molar-refractivity contribution >= 4 is 0 Å². The van der Waals surface area contributed by atoms with Crippen LogP contribution in [0.1, 0.15) is 38.9 Å². The van der Waals surface area contributed by atoms with Gasteiger partial charge in [0.05, 0.1) is 12.2 Å². The maximum absolute atomic E-state index is 5.61. The summed E-state index contributed by atoms with van der Waals surface area (Å²) in [6, 6.07) is 8.54. The van der Waals surface area contributed by atoms with Crippen molar-refractivity contribution < 1.29 is 4.52 Å². The molecule has 2 aliphatic rings. The monoisotopic (exact) mass is 354 g/mol. The number of hydrogen-bond acceptors (Lipinski definition) is 5. The highest BCUT2D eigenvalue weighted by Gasteiger charge is 2.32. The van der Waals surface area contributed by atoms with Gasteiger partial charge in [0.1, 0.15) is 5.69 Å². The number of aromatic nitrogens is 2. The maximum Gasteiger partial charge on any atom is 0.151 e. The summed E-state index contributed by atoms with van der Waals surface area (Å²) in [5.41, 5.74) is 1.69. The smallest absolute Gasteiger partial charge is 0.151 e. The SMILES string of the molecule is CC(C)C1CN(Cc2cc(-c3ccccn3)no2)CCCN1CC1CC1. The normalized spacial score (nSPS) is 22.7. The molecule has 1 atom stereocenters. The van der Waals surface area contributed by atoms with Crippen LogP contribution in [-0.4, -0.2) is 52.2 Å². The zero-order chi connectivity index (χ0) is 17.9. The standard InChI is InChI=1S/C21H30N4O/c1-16(2)21-15-24(10-5-11-25(21)13-17-7-8-17)14-18-12-20(23-26-18)19-6-3-4-9-22-19/h3-4,6,9,12,16-17,21H,5,7-8,10-11,13-15H2,1-2H3. The molecule has 1 aliphatic carbocycles. The van der Waals surface area contributed by atoms with E-state index >= 15 is 0 Å². The fourth-order valence-corrected chi connectivity index (χ4v) is 4.01. The average molecular weight is 354 g/mol. The third kappa shape index (κ3) is 4.33. The van der Waals surface area contributed by atoms with Gasteiger partial charge in [-0.05, 0) is 56.3 Å². The van der Waals surface area contributed by atoms with Crippen LogP contribution in [0.4, 0.5) is 0 Å². The van der Waals surface area contributed by atoms with Gasteiger partial charge < -0.3 is 4.52 Å². The van der Waals surface area contributed by atoms with Crippen molar-refractivity contribution in [1.82, 2.24) is 19.9 Å². The van der Waals surface area contributed by atoms with E-state index in [1.807, 2.05) is 24.3 Å². The highest BCUT2D eigenvalue weighted by Crippen LogP contribution is 2.32. The molecule has 5 nitrogen and oxygen atoms in total. The Morgan fingerprint density at radius 2 is 2.08 bits per heavy atom. The van der Waals surface area contributed by atoms with E-state index in [0.717, 1.165) is 42.7 Å². The molecule has 26 heavy (non-hydrogen) atoms. The molecule has 0 radical (unpaired) electrons. The molecule has 1 saturated carbocycles. The Balaban J connectivity index is 1.42. The highest BCUT2D eigenvalue weighted by molar-refractivity contribution is 5.52. The molecule has 3 heterocycles. The van der Waals surface area contributed by atoms with Gasteiger partial charge in [-0.15, -0.1) is 0 Å². The Morgan fingerprint density at radius 1 is 1.19 bits per heavy atom. The molecule has 0 N–H and O–H groups in total. The summed E-state index contributed by atoms with van der Waals surface area (Å²) in [4.78, 5) is 9.65. The largest absolute Gasteiger partial charge is 0.359 e. The second kappa shape index (κ2) is 7.89. The predicted octanol–water partition coefficient (Wildman–Crippen LogP) is 3.68. The van der Waals surface area contributed by atoms with Gasteiger partial charge in [0.25, 0.3) is 0 Å². The molecule has 1 aliphatic heterocycles. The quantitative estimate of drug-likeness (QED) is 0.792. The van der Waals surface area contributed by atoms with Gasteiger partial charge in [0.15, 0.2) is 5.76 Å². The van der Waals surface area contributed by atoms with Crippen molar-refractivity contribution in [2.24, 2.45) is 11.8 Å². The minimum atomic E-state index is 0.635. The molecule has 0 spiro atoms. The van der Waals surface area contributed by atoms with Crippen LogP contribution in [-0.2, 0) is 6.54 Å². The Bertz CT molecular complexity index is 695. The molecule has 4 rings (SSSR count). The molecular formula is C21H30N4O. The first-order valence-corrected chi connectivity index (χ1v) is 10.0. The van der Waals surface area contributed by atoms with Crippen LogP contribution in [0, 0.1) is 11.8 Å². The van der Waals surface area contributed by atoms with Crippen molar-refractivity contribution in [3.05, 3.63) is 36.2 Å². The van der Waals surface area contributed by atoms with E-state index in [0.29, 0.717) is 12.0 Å². The van der Waals surface area contributed by atoms with Crippen molar-refractivity contribution in [2.75, 3.05) is 26.2 Å². The van der Waals surface area contributed by atoms with Crippen LogP contribution < -0.4 is 0 Å². The molecule has 0 amide bonds. The van der Waals surface area contributed by atoms with Crippen molar-refractivity contribution in [2.45, 2.75) is 45.7 Å². The van der Waals surface area contributed by atoms with E-state index in [1.54, 1.807) is 6.20 Å². The van der Waals surface area contributed by atoms with Gasteiger partial charge in [-0.2, -0.15) is 0 Å². The van der Waals surface area contributed by atoms with E-state index in [-0.39, 0.29) is 0 Å². The molecule has 140 valence electrons. The first-order valence-electron chi connectivity index (χ1n) is 10.0.